The standard InChI is InChI=1S/C12H14N6O4/c1-12(2,18(20)21)17(19)14-11-10(15-22-16-11)13-8-9-6-4-3-5-7-9/h3-7H,8H2,1-2H3,(H,13,15). The van der Waals surface area contributed by atoms with E-state index in [1.807, 2.05) is 30.3 Å². The number of benzene rings is 1. The number of hydrogen-bond donors (Lipinski definition) is 1. The predicted molar refractivity (Wildman–Crippen MR) is 74.9 cm³/mol. The Morgan fingerprint density at radius 3 is 2.59 bits per heavy atom. The third-order valence-corrected chi connectivity index (χ3v) is 2.87. The second kappa shape index (κ2) is 6.16. The number of nitro groups is 1. The molecule has 0 unspecified atom stereocenters. The van der Waals surface area contributed by atoms with Gasteiger partial charge >= 0.3 is 11.5 Å². The number of nitrogens with zero attached hydrogens (tertiary/aromatic N) is 5. The van der Waals surface area contributed by atoms with E-state index in [2.05, 4.69) is 25.4 Å². The fraction of sp³-hybridized carbons (Fsp3) is 0.333. The first-order chi connectivity index (χ1) is 10.4. The summed E-state index contributed by atoms with van der Waals surface area (Å²) in [6, 6.07) is 9.43. The predicted octanol–water partition coefficient (Wildman–Crippen LogP) is 2.29. The molecule has 0 aliphatic rings. The fourth-order valence-electron chi connectivity index (χ4n) is 1.42. The molecule has 0 saturated carbocycles. The summed E-state index contributed by atoms with van der Waals surface area (Å²) >= 11 is 0. The molecule has 10 heteroatoms. The maximum absolute atomic E-state index is 11.8. The monoisotopic (exact) mass is 306 g/mol. The molecular formula is C12H14N6O4. The smallest absolute Gasteiger partial charge is 0.433 e. The van der Waals surface area contributed by atoms with Crippen LogP contribution in [0.5, 0.6) is 0 Å². The Hall–Kier alpha value is -3.04. The van der Waals surface area contributed by atoms with Crippen molar-refractivity contribution >= 4 is 11.6 Å². The summed E-state index contributed by atoms with van der Waals surface area (Å²) in [6.07, 6.45) is 0. The molecule has 0 saturated heterocycles. The summed E-state index contributed by atoms with van der Waals surface area (Å²) < 4.78 is 4.52. The highest BCUT2D eigenvalue weighted by Crippen LogP contribution is 2.22. The van der Waals surface area contributed by atoms with Crippen molar-refractivity contribution in [2.45, 2.75) is 26.1 Å². The Kier molecular flexibility index (Phi) is 4.30. The molecule has 0 bridgehead atoms. The second-order valence-corrected chi connectivity index (χ2v) is 4.90. The van der Waals surface area contributed by atoms with Crippen molar-refractivity contribution in [3.05, 3.63) is 51.2 Å². The van der Waals surface area contributed by atoms with Crippen molar-refractivity contribution in [2.24, 2.45) is 5.11 Å². The summed E-state index contributed by atoms with van der Waals surface area (Å²) in [4.78, 5) is 10.0. The van der Waals surface area contributed by atoms with E-state index >= 15 is 0 Å². The van der Waals surface area contributed by atoms with E-state index in [1.165, 1.54) is 0 Å². The Balaban J connectivity index is 2.14. The molecule has 0 atom stereocenters. The Labute approximate surface area is 125 Å². The minimum atomic E-state index is -1.92. The molecule has 0 aliphatic heterocycles. The van der Waals surface area contributed by atoms with Crippen molar-refractivity contribution in [1.29, 1.82) is 0 Å². The average Bonchev–Trinajstić information content (AvgIpc) is 2.93. The lowest BCUT2D eigenvalue weighted by atomic mass is 10.2. The quantitative estimate of drug-likeness (QED) is 0.284. The number of anilines is 1. The van der Waals surface area contributed by atoms with Gasteiger partial charge in [0.25, 0.3) is 0 Å². The number of aromatic nitrogens is 2. The first kappa shape index (κ1) is 15.4. The highest BCUT2D eigenvalue weighted by molar-refractivity contribution is 5.52. The highest BCUT2D eigenvalue weighted by atomic mass is 16.7. The molecule has 0 aliphatic carbocycles. The summed E-state index contributed by atoms with van der Waals surface area (Å²) in [6.45, 7) is 2.68. The SMILES string of the molecule is CC(C)([N+](=O)[O-])[N+]([O-])=Nc1nonc1NCc1ccccc1. The molecule has 1 aromatic heterocycles. The molecule has 10 nitrogen and oxygen atoms in total. The molecule has 0 fully saturated rings. The van der Waals surface area contributed by atoms with Crippen LogP contribution in [0.4, 0.5) is 11.6 Å². The van der Waals surface area contributed by atoms with Crippen LogP contribution in [0.2, 0.25) is 0 Å². The lowest BCUT2D eigenvalue weighted by Gasteiger charge is -2.11. The van der Waals surface area contributed by atoms with Crippen LogP contribution in [-0.4, -0.2) is 25.8 Å². The summed E-state index contributed by atoms with van der Waals surface area (Å²) in [7, 11) is 0. The molecule has 22 heavy (non-hydrogen) atoms. The van der Waals surface area contributed by atoms with Crippen LogP contribution in [0, 0.1) is 15.3 Å². The van der Waals surface area contributed by atoms with Crippen molar-refractivity contribution in [2.75, 3.05) is 5.32 Å². The summed E-state index contributed by atoms with van der Waals surface area (Å²) in [5.74, 6) is -0.0234. The van der Waals surface area contributed by atoms with Gasteiger partial charge in [0, 0.05) is 11.7 Å². The van der Waals surface area contributed by atoms with Crippen LogP contribution in [0.1, 0.15) is 19.4 Å². The van der Waals surface area contributed by atoms with Gasteiger partial charge in [0.15, 0.2) is 0 Å². The highest BCUT2D eigenvalue weighted by Gasteiger charge is 2.42. The average molecular weight is 306 g/mol. The Morgan fingerprint density at radius 1 is 1.27 bits per heavy atom. The van der Waals surface area contributed by atoms with Crippen LogP contribution >= 0.6 is 0 Å². The van der Waals surface area contributed by atoms with Gasteiger partial charge in [-0.25, -0.2) is 4.63 Å². The number of azo groups is 1. The molecule has 0 amide bonds. The zero-order chi connectivity index (χ0) is 16.2. The second-order valence-electron chi connectivity index (χ2n) is 4.90. The maximum Gasteiger partial charge on any atom is 0.433 e. The molecule has 1 heterocycles. The zero-order valence-corrected chi connectivity index (χ0v) is 12.0. The van der Waals surface area contributed by atoms with Crippen molar-refractivity contribution < 1.29 is 14.4 Å². The van der Waals surface area contributed by atoms with Gasteiger partial charge in [0.05, 0.1) is 18.8 Å². The zero-order valence-electron chi connectivity index (χ0n) is 12.0. The molecule has 2 rings (SSSR count). The first-order valence-corrected chi connectivity index (χ1v) is 6.35. The number of rotatable bonds is 6. The molecule has 0 radical (unpaired) electrons. The fourth-order valence-corrected chi connectivity index (χ4v) is 1.42. The molecular weight excluding hydrogens is 292 g/mol. The van der Waals surface area contributed by atoms with Gasteiger partial charge in [0.2, 0.25) is 5.82 Å². The lowest BCUT2D eigenvalue weighted by molar-refractivity contribution is -0.804. The molecule has 1 aromatic carbocycles. The van der Waals surface area contributed by atoms with Gasteiger partial charge in [-0.15, -0.1) is 0 Å². The molecule has 1 N–H and O–H groups in total. The third kappa shape index (κ3) is 3.34. The summed E-state index contributed by atoms with van der Waals surface area (Å²) in [5.41, 5.74) is -0.948. The molecule has 0 spiro atoms. The number of nitrogens with one attached hydrogen (secondary N) is 1. The Bertz CT molecular complexity index is 682. The maximum atomic E-state index is 11.8. The minimum absolute atomic E-state index is 0.0414. The van der Waals surface area contributed by atoms with E-state index in [0.29, 0.717) is 6.54 Å². The molecule has 116 valence electrons. The van der Waals surface area contributed by atoms with E-state index in [4.69, 9.17) is 0 Å². The van der Waals surface area contributed by atoms with Crippen molar-refractivity contribution in [3.8, 4) is 0 Å². The largest absolute Gasteiger partial charge is 0.594 e. The lowest BCUT2D eigenvalue weighted by Crippen LogP contribution is -2.40. The van der Waals surface area contributed by atoms with E-state index in [0.717, 1.165) is 19.4 Å². The van der Waals surface area contributed by atoms with Crippen LogP contribution in [0.3, 0.4) is 0 Å². The minimum Gasteiger partial charge on any atom is -0.594 e. The van der Waals surface area contributed by atoms with Gasteiger partial charge in [-0.2, -0.15) is 0 Å². The topological polar surface area (TPSA) is 133 Å². The van der Waals surface area contributed by atoms with E-state index in [9.17, 15) is 15.3 Å². The number of hydrogen-bond acceptors (Lipinski definition) is 8. The normalized spacial score (nSPS) is 12.2. The Morgan fingerprint density at radius 2 is 1.95 bits per heavy atom. The van der Waals surface area contributed by atoms with Gasteiger partial charge in [0.1, 0.15) is 0 Å². The van der Waals surface area contributed by atoms with Crippen LogP contribution in [0.15, 0.2) is 40.1 Å². The van der Waals surface area contributed by atoms with Crippen molar-refractivity contribution in [3.63, 3.8) is 0 Å². The van der Waals surface area contributed by atoms with Crippen LogP contribution in [-0.2, 0) is 6.54 Å². The van der Waals surface area contributed by atoms with E-state index in [1.54, 1.807) is 0 Å². The van der Waals surface area contributed by atoms with Crippen molar-refractivity contribution in [1.82, 2.24) is 10.3 Å². The third-order valence-electron chi connectivity index (χ3n) is 2.87. The van der Waals surface area contributed by atoms with E-state index in [-0.39, 0.29) is 16.5 Å². The first-order valence-electron chi connectivity index (χ1n) is 6.35. The van der Waals surface area contributed by atoms with Gasteiger partial charge in [-0.05, 0) is 20.7 Å². The van der Waals surface area contributed by atoms with Gasteiger partial charge in [-0.3, -0.25) is 10.1 Å². The van der Waals surface area contributed by atoms with Crippen LogP contribution < -0.4 is 5.32 Å². The van der Waals surface area contributed by atoms with Crippen LogP contribution in [0.25, 0.3) is 0 Å². The summed E-state index contributed by atoms with van der Waals surface area (Å²) in [5, 5.41) is 36.1. The number of hydroxylamine groups is 1. The van der Waals surface area contributed by atoms with Gasteiger partial charge in [-0.1, -0.05) is 30.3 Å². The van der Waals surface area contributed by atoms with Gasteiger partial charge < -0.3 is 10.5 Å². The molecule has 2 aromatic rings. The van der Waals surface area contributed by atoms with E-state index < -0.39 is 10.6 Å².